The summed E-state index contributed by atoms with van der Waals surface area (Å²) in [4.78, 5) is 25.5. The Labute approximate surface area is 176 Å². The molecule has 28 heavy (non-hydrogen) atoms. The van der Waals surface area contributed by atoms with Gasteiger partial charge in [0.15, 0.2) is 5.78 Å². The molecule has 1 amide bonds. The van der Waals surface area contributed by atoms with Crippen LogP contribution in [0.2, 0.25) is 5.02 Å². The fourth-order valence-electron chi connectivity index (χ4n) is 2.73. The summed E-state index contributed by atoms with van der Waals surface area (Å²) in [5, 5.41) is 3.19. The molecule has 0 atom stereocenters. The molecule has 0 spiro atoms. The molecule has 0 radical (unpaired) electrons. The van der Waals surface area contributed by atoms with Gasteiger partial charge in [-0.2, -0.15) is 0 Å². The van der Waals surface area contributed by atoms with E-state index < -0.39 is 0 Å². The summed E-state index contributed by atoms with van der Waals surface area (Å²) in [5.74, 6) is 0.247. The molecule has 0 fully saturated rings. The highest BCUT2D eigenvalue weighted by atomic mass is 79.9. The number of rotatable bonds is 6. The van der Waals surface area contributed by atoms with Crippen LogP contribution in [0.1, 0.15) is 21.5 Å². The zero-order chi connectivity index (χ0) is 20.1. The van der Waals surface area contributed by atoms with E-state index in [-0.39, 0.29) is 18.1 Å². The van der Waals surface area contributed by atoms with Gasteiger partial charge in [0.1, 0.15) is 5.75 Å². The molecule has 0 aliphatic heterocycles. The van der Waals surface area contributed by atoms with Gasteiger partial charge in [-0.1, -0.05) is 51.8 Å². The molecule has 0 saturated carbocycles. The summed E-state index contributed by atoms with van der Waals surface area (Å²) >= 11 is 9.55. The van der Waals surface area contributed by atoms with Crippen LogP contribution in [-0.4, -0.2) is 18.8 Å². The average Bonchev–Trinajstić information content (AvgIpc) is 2.70. The van der Waals surface area contributed by atoms with Gasteiger partial charge in [-0.05, 0) is 48.0 Å². The number of nitrogens with one attached hydrogen (secondary N) is 1. The summed E-state index contributed by atoms with van der Waals surface area (Å²) < 4.78 is 5.85. The maximum absolute atomic E-state index is 13.0. The third-order valence-corrected chi connectivity index (χ3v) is 4.97. The van der Waals surface area contributed by atoms with Crippen LogP contribution in [0.5, 0.6) is 5.75 Å². The fraction of sp³-hybridized carbons (Fsp3) is 0.0909. The van der Waals surface area contributed by atoms with Gasteiger partial charge in [0, 0.05) is 15.6 Å². The standard InChI is InChI=1S/C22H17BrClNO3/c1-28-16-9-6-14(7-10-16)12-21(26)25-20-11-8-15(23)13-18(20)22(27)17-4-2-3-5-19(17)24/h2-11,13H,12H2,1H3,(H,25,26). The summed E-state index contributed by atoms with van der Waals surface area (Å²) in [6.45, 7) is 0. The van der Waals surface area contributed by atoms with E-state index in [2.05, 4.69) is 21.2 Å². The normalized spacial score (nSPS) is 10.4. The Bertz CT molecular complexity index is 1020. The number of anilines is 1. The van der Waals surface area contributed by atoms with Crippen molar-refractivity contribution in [2.75, 3.05) is 12.4 Å². The number of halogens is 2. The van der Waals surface area contributed by atoms with E-state index in [1.54, 1.807) is 61.7 Å². The van der Waals surface area contributed by atoms with Crippen LogP contribution in [0.15, 0.2) is 71.2 Å². The first-order valence-corrected chi connectivity index (χ1v) is 9.66. The Morgan fingerprint density at radius 1 is 1.00 bits per heavy atom. The van der Waals surface area contributed by atoms with Crippen molar-refractivity contribution in [3.8, 4) is 5.75 Å². The number of carbonyl (C=O) groups excluding carboxylic acids is 2. The minimum absolute atomic E-state index is 0.180. The largest absolute Gasteiger partial charge is 0.497 e. The van der Waals surface area contributed by atoms with E-state index in [1.807, 2.05) is 12.1 Å². The van der Waals surface area contributed by atoms with Crippen molar-refractivity contribution in [2.24, 2.45) is 0 Å². The molecule has 0 unspecified atom stereocenters. The topological polar surface area (TPSA) is 55.4 Å². The number of benzene rings is 3. The van der Waals surface area contributed by atoms with E-state index in [0.717, 1.165) is 15.8 Å². The molecule has 0 aromatic heterocycles. The van der Waals surface area contributed by atoms with Crippen LogP contribution in [0.4, 0.5) is 5.69 Å². The number of ketones is 1. The molecule has 0 aliphatic rings. The van der Waals surface area contributed by atoms with Gasteiger partial charge in [0.2, 0.25) is 5.91 Å². The molecule has 6 heteroatoms. The van der Waals surface area contributed by atoms with Gasteiger partial charge in [-0.3, -0.25) is 9.59 Å². The maximum Gasteiger partial charge on any atom is 0.228 e. The van der Waals surface area contributed by atoms with Crippen LogP contribution in [-0.2, 0) is 11.2 Å². The molecular formula is C22H17BrClNO3. The summed E-state index contributed by atoms with van der Waals surface area (Å²) in [7, 11) is 1.59. The molecule has 3 aromatic carbocycles. The molecule has 0 bridgehead atoms. The molecule has 4 nitrogen and oxygen atoms in total. The number of methoxy groups -OCH3 is 1. The zero-order valence-corrected chi connectivity index (χ0v) is 17.4. The minimum Gasteiger partial charge on any atom is -0.497 e. The van der Waals surface area contributed by atoms with Gasteiger partial charge >= 0.3 is 0 Å². The molecule has 3 aromatic rings. The van der Waals surface area contributed by atoms with E-state index in [1.165, 1.54) is 0 Å². The van der Waals surface area contributed by atoms with Crippen LogP contribution in [0.3, 0.4) is 0 Å². The molecular weight excluding hydrogens is 442 g/mol. The van der Waals surface area contributed by atoms with Crippen molar-refractivity contribution in [3.05, 3.63) is 92.9 Å². The van der Waals surface area contributed by atoms with Gasteiger partial charge < -0.3 is 10.1 Å². The fourth-order valence-corrected chi connectivity index (χ4v) is 3.31. The van der Waals surface area contributed by atoms with Crippen molar-refractivity contribution >= 4 is 44.9 Å². The quantitative estimate of drug-likeness (QED) is 0.495. The van der Waals surface area contributed by atoms with Crippen LogP contribution in [0.25, 0.3) is 0 Å². The lowest BCUT2D eigenvalue weighted by Gasteiger charge is -2.12. The molecule has 0 heterocycles. The first-order chi connectivity index (χ1) is 13.5. The van der Waals surface area contributed by atoms with E-state index >= 15 is 0 Å². The first-order valence-electron chi connectivity index (χ1n) is 8.49. The molecule has 142 valence electrons. The lowest BCUT2D eigenvalue weighted by atomic mass is 10.0. The average molecular weight is 459 g/mol. The molecule has 1 N–H and O–H groups in total. The summed E-state index contributed by atoms with van der Waals surface area (Å²) in [5.41, 5.74) is 2.03. The number of hydrogen-bond acceptors (Lipinski definition) is 3. The Balaban J connectivity index is 1.83. The zero-order valence-electron chi connectivity index (χ0n) is 15.0. The number of hydrogen-bond donors (Lipinski definition) is 1. The van der Waals surface area contributed by atoms with Crippen LogP contribution >= 0.6 is 27.5 Å². The van der Waals surface area contributed by atoms with Gasteiger partial charge in [0.25, 0.3) is 0 Å². The third-order valence-electron chi connectivity index (χ3n) is 4.14. The second-order valence-corrected chi connectivity index (χ2v) is 7.39. The highest BCUT2D eigenvalue weighted by molar-refractivity contribution is 9.10. The molecule has 0 aliphatic carbocycles. The monoisotopic (exact) mass is 457 g/mol. The van der Waals surface area contributed by atoms with Crippen molar-refractivity contribution in [1.82, 2.24) is 0 Å². The van der Waals surface area contributed by atoms with Gasteiger partial charge in [-0.15, -0.1) is 0 Å². The Morgan fingerprint density at radius 3 is 2.39 bits per heavy atom. The molecule has 0 saturated heterocycles. The lowest BCUT2D eigenvalue weighted by molar-refractivity contribution is -0.115. The SMILES string of the molecule is COc1ccc(CC(=O)Nc2ccc(Br)cc2C(=O)c2ccccc2Cl)cc1. The van der Waals surface area contributed by atoms with Gasteiger partial charge in [0.05, 0.1) is 24.2 Å². The number of ether oxygens (including phenoxy) is 1. The van der Waals surface area contributed by atoms with Crippen molar-refractivity contribution in [3.63, 3.8) is 0 Å². The molecule has 3 rings (SSSR count). The van der Waals surface area contributed by atoms with Gasteiger partial charge in [-0.25, -0.2) is 0 Å². The maximum atomic E-state index is 13.0. The predicted molar refractivity (Wildman–Crippen MR) is 114 cm³/mol. The second-order valence-electron chi connectivity index (χ2n) is 6.07. The van der Waals surface area contributed by atoms with Crippen molar-refractivity contribution in [2.45, 2.75) is 6.42 Å². The van der Waals surface area contributed by atoms with E-state index in [9.17, 15) is 9.59 Å². The van der Waals surface area contributed by atoms with Crippen molar-refractivity contribution < 1.29 is 14.3 Å². The van der Waals surface area contributed by atoms with E-state index in [4.69, 9.17) is 16.3 Å². The number of carbonyl (C=O) groups is 2. The predicted octanol–water partition coefficient (Wildman–Crippen LogP) is 5.52. The Hall–Kier alpha value is -2.63. The summed E-state index contributed by atoms with van der Waals surface area (Å²) in [6, 6.07) is 19.2. The third kappa shape index (κ3) is 4.80. The van der Waals surface area contributed by atoms with Crippen LogP contribution in [0, 0.1) is 0 Å². The van der Waals surface area contributed by atoms with E-state index in [0.29, 0.717) is 21.8 Å². The van der Waals surface area contributed by atoms with Crippen molar-refractivity contribution in [1.29, 1.82) is 0 Å². The van der Waals surface area contributed by atoms with Crippen LogP contribution < -0.4 is 10.1 Å². The highest BCUT2D eigenvalue weighted by Crippen LogP contribution is 2.27. The Morgan fingerprint density at radius 2 is 1.71 bits per heavy atom. The smallest absolute Gasteiger partial charge is 0.228 e. The first kappa shape index (κ1) is 20.1. The highest BCUT2D eigenvalue weighted by Gasteiger charge is 2.18. The lowest BCUT2D eigenvalue weighted by Crippen LogP contribution is -2.17. The second kappa shape index (κ2) is 9.04. The minimum atomic E-state index is -0.258. The summed E-state index contributed by atoms with van der Waals surface area (Å²) in [6.07, 6.45) is 0.180. The Kier molecular flexibility index (Phi) is 6.49. The number of amides is 1.